The van der Waals surface area contributed by atoms with Crippen molar-refractivity contribution in [1.82, 2.24) is 15.4 Å². The molecule has 2 atom stereocenters. The molecule has 1 saturated heterocycles. The third-order valence-electron chi connectivity index (χ3n) is 5.56. The summed E-state index contributed by atoms with van der Waals surface area (Å²) in [5, 5.41) is 2.22. The molecule has 2 aliphatic rings. The second kappa shape index (κ2) is 7.96. The highest BCUT2D eigenvalue weighted by atomic mass is 16.3. The predicted octanol–water partition coefficient (Wildman–Crippen LogP) is 2.39. The molecule has 0 aliphatic carbocycles. The molecule has 1 unspecified atom stereocenters. The highest BCUT2D eigenvalue weighted by Crippen LogP contribution is 2.37. The predicted molar refractivity (Wildman–Crippen MR) is 110 cm³/mol. The smallest absolute Gasteiger partial charge is 0.294 e. The van der Waals surface area contributed by atoms with Crippen LogP contribution in [0.5, 0.6) is 0 Å². The Morgan fingerprint density at radius 2 is 2.17 bits per heavy atom. The largest absolute Gasteiger partial charge is 0.459 e. The van der Waals surface area contributed by atoms with Crippen LogP contribution in [0, 0.1) is 0 Å². The summed E-state index contributed by atoms with van der Waals surface area (Å²) in [7, 11) is 0. The summed E-state index contributed by atoms with van der Waals surface area (Å²) < 4.78 is 5.34. The lowest BCUT2D eigenvalue weighted by Crippen LogP contribution is -2.51. The van der Waals surface area contributed by atoms with Crippen LogP contribution in [0.4, 0.5) is 11.5 Å². The number of carbonyl (C=O) groups is 2. The number of pyridine rings is 1. The quantitative estimate of drug-likeness (QED) is 0.853. The van der Waals surface area contributed by atoms with Crippen molar-refractivity contribution in [2.45, 2.75) is 39.2 Å². The Labute approximate surface area is 170 Å². The highest BCUT2D eigenvalue weighted by Gasteiger charge is 2.36. The van der Waals surface area contributed by atoms with Crippen molar-refractivity contribution in [2.24, 2.45) is 0 Å². The van der Waals surface area contributed by atoms with Gasteiger partial charge in [-0.3, -0.25) is 19.9 Å². The van der Waals surface area contributed by atoms with Gasteiger partial charge in [0, 0.05) is 45.2 Å². The number of nitrogens with one attached hydrogen (secondary N) is 1. The summed E-state index contributed by atoms with van der Waals surface area (Å²) >= 11 is 0. The number of fused-ring (bicyclic) bond motifs is 1. The van der Waals surface area contributed by atoms with Gasteiger partial charge in [-0.2, -0.15) is 0 Å². The molecule has 0 spiro atoms. The standard InChI is InChI=1S/C21H27N5O3/c1-4-7-24-13-17(11-23-24)16-9-18-20(22-10-16)26(15(3)27)14(2)12-25(18)21(28)19-6-5-8-29-19/h5-6,8-10,14,17,23H,4,7,11-13H2,1-3H3/t14-,17?/m0/s1. The molecule has 0 saturated carbocycles. The molecule has 2 aliphatic heterocycles. The number of furan rings is 1. The minimum atomic E-state index is -0.220. The maximum absolute atomic E-state index is 13.1. The number of hydrogen-bond donors (Lipinski definition) is 1. The van der Waals surface area contributed by atoms with E-state index in [-0.39, 0.29) is 29.5 Å². The first-order valence-corrected chi connectivity index (χ1v) is 10.1. The molecule has 0 bridgehead atoms. The molecule has 2 aromatic rings. The van der Waals surface area contributed by atoms with Crippen LogP contribution in [-0.2, 0) is 4.79 Å². The number of carbonyl (C=O) groups excluding carboxylic acids is 2. The minimum Gasteiger partial charge on any atom is -0.459 e. The van der Waals surface area contributed by atoms with Crippen LogP contribution in [0.2, 0.25) is 0 Å². The second-order valence-electron chi connectivity index (χ2n) is 7.75. The normalized spacial score (nSPS) is 22.0. The van der Waals surface area contributed by atoms with Gasteiger partial charge in [-0.25, -0.2) is 9.99 Å². The number of nitrogens with zero attached hydrogens (tertiary/aromatic N) is 4. The van der Waals surface area contributed by atoms with Crippen LogP contribution >= 0.6 is 0 Å². The summed E-state index contributed by atoms with van der Waals surface area (Å²) in [5.41, 5.74) is 5.14. The molecule has 1 N–H and O–H groups in total. The first-order valence-electron chi connectivity index (χ1n) is 10.1. The molecule has 4 rings (SSSR count). The van der Waals surface area contributed by atoms with E-state index in [0.29, 0.717) is 18.1 Å². The van der Waals surface area contributed by atoms with Gasteiger partial charge in [0.2, 0.25) is 5.91 Å². The van der Waals surface area contributed by atoms with Crippen LogP contribution in [0.15, 0.2) is 35.1 Å². The Kier molecular flexibility index (Phi) is 5.38. The Balaban J connectivity index is 1.71. The number of aromatic nitrogens is 1. The average molecular weight is 397 g/mol. The van der Waals surface area contributed by atoms with Gasteiger partial charge in [-0.15, -0.1) is 0 Å². The topological polar surface area (TPSA) is 81.9 Å². The zero-order valence-electron chi connectivity index (χ0n) is 17.1. The number of anilines is 2. The van der Waals surface area contributed by atoms with Crippen LogP contribution < -0.4 is 15.2 Å². The van der Waals surface area contributed by atoms with Gasteiger partial charge in [0.25, 0.3) is 5.91 Å². The van der Waals surface area contributed by atoms with Gasteiger partial charge in [0.15, 0.2) is 11.6 Å². The fourth-order valence-electron chi connectivity index (χ4n) is 4.20. The summed E-state index contributed by atoms with van der Waals surface area (Å²) in [6, 6.07) is 5.19. The monoisotopic (exact) mass is 397 g/mol. The Morgan fingerprint density at radius 1 is 1.34 bits per heavy atom. The molecule has 2 amide bonds. The number of amides is 2. The fourth-order valence-corrected chi connectivity index (χ4v) is 4.20. The molecule has 154 valence electrons. The molecule has 8 nitrogen and oxygen atoms in total. The van der Waals surface area contributed by atoms with Crippen LogP contribution in [-0.4, -0.2) is 54.0 Å². The van der Waals surface area contributed by atoms with E-state index < -0.39 is 0 Å². The van der Waals surface area contributed by atoms with Crippen molar-refractivity contribution >= 4 is 23.3 Å². The van der Waals surface area contributed by atoms with Crippen LogP contribution in [0.3, 0.4) is 0 Å². The molecular weight excluding hydrogens is 370 g/mol. The maximum Gasteiger partial charge on any atom is 0.294 e. The van der Waals surface area contributed by atoms with Gasteiger partial charge < -0.3 is 9.32 Å². The molecule has 8 heteroatoms. The Hall–Kier alpha value is -2.71. The van der Waals surface area contributed by atoms with Crippen molar-refractivity contribution in [3.8, 4) is 0 Å². The summed E-state index contributed by atoms with van der Waals surface area (Å²) in [6.45, 7) is 8.72. The van der Waals surface area contributed by atoms with Crippen molar-refractivity contribution < 1.29 is 14.0 Å². The minimum absolute atomic E-state index is 0.0826. The molecule has 2 aromatic heterocycles. The first-order chi connectivity index (χ1) is 14.0. The average Bonchev–Trinajstić information content (AvgIpc) is 3.38. The number of hydrazine groups is 1. The third kappa shape index (κ3) is 3.65. The summed E-state index contributed by atoms with van der Waals surface area (Å²) in [4.78, 5) is 33.4. The molecule has 0 radical (unpaired) electrons. The van der Waals surface area contributed by atoms with Crippen LogP contribution in [0.1, 0.15) is 49.2 Å². The van der Waals surface area contributed by atoms with E-state index in [0.717, 1.165) is 31.6 Å². The van der Waals surface area contributed by atoms with E-state index in [1.54, 1.807) is 21.9 Å². The lowest BCUT2D eigenvalue weighted by molar-refractivity contribution is -0.117. The SMILES string of the molecule is CCCN1CC(c2cnc3c(c2)N(C(=O)c2ccco2)C[C@H](C)N3C(C)=O)CN1. The van der Waals surface area contributed by atoms with Crippen molar-refractivity contribution in [3.05, 3.63) is 42.0 Å². The molecular formula is C21H27N5O3. The molecule has 29 heavy (non-hydrogen) atoms. The van der Waals surface area contributed by atoms with Crippen molar-refractivity contribution in [2.75, 3.05) is 36.0 Å². The van der Waals surface area contributed by atoms with Gasteiger partial charge in [0.05, 0.1) is 18.0 Å². The number of rotatable bonds is 4. The van der Waals surface area contributed by atoms with E-state index in [1.165, 1.54) is 13.2 Å². The van der Waals surface area contributed by atoms with E-state index in [4.69, 9.17) is 4.42 Å². The van der Waals surface area contributed by atoms with E-state index in [1.807, 2.05) is 19.2 Å². The third-order valence-corrected chi connectivity index (χ3v) is 5.56. The summed E-state index contributed by atoms with van der Waals surface area (Å²) in [6.07, 6.45) is 4.41. The first kappa shape index (κ1) is 19.6. The van der Waals surface area contributed by atoms with Gasteiger partial charge in [0.1, 0.15) is 0 Å². The molecule has 0 aromatic carbocycles. The van der Waals surface area contributed by atoms with Gasteiger partial charge >= 0.3 is 0 Å². The lowest BCUT2D eigenvalue weighted by Gasteiger charge is -2.39. The zero-order valence-corrected chi connectivity index (χ0v) is 17.1. The Bertz CT molecular complexity index is 898. The van der Waals surface area contributed by atoms with E-state index in [9.17, 15) is 9.59 Å². The van der Waals surface area contributed by atoms with Crippen LogP contribution in [0.25, 0.3) is 0 Å². The summed E-state index contributed by atoms with van der Waals surface area (Å²) in [5.74, 6) is 0.783. The fraction of sp³-hybridized carbons (Fsp3) is 0.476. The maximum atomic E-state index is 13.1. The van der Waals surface area contributed by atoms with Gasteiger partial charge in [-0.1, -0.05) is 6.92 Å². The van der Waals surface area contributed by atoms with Crippen molar-refractivity contribution in [3.63, 3.8) is 0 Å². The second-order valence-corrected chi connectivity index (χ2v) is 7.75. The molecule has 1 fully saturated rings. The van der Waals surface area contributed by atoms with E-state index >= 15 is 0 Å². The number of hydrogen-bond acceptors (Lipinski definition) is 6. The van der Waals surface area contributed by atoms with E-state index in [2.05, 4.69) is 22.3 Å². The molecule has 4 heterocycles. The van der Waals surface area contributed by atoms with Gasteiger partial charge in [-0.05, 0) is 37.1 Å². The Morgan fingerprint density at radius 3 is 2.86 bits per heavy atom. The zero-order chi connectivity index (χ0) is 20.5. The van der Waals surface area contributed by atoms with Crippen molar-refractivity contribution in [1.29, 1.82) is 0 Å². The lowest BCUT2D eigenvalue weighted by atomic mass is 10.00. The highest BCUT2D eigenvalue weighted by molar-refractivity contribution is 6.08.